The summed E-state index contributed by atoms with van der Waals surface area (Å²) in [4.78, 5) is 16.6. The van der Waals surface area contributed by atoms with E-state index in [1.54, 1.807) is 11.9 Å². The van der Waals surface area contributed by atoms with E-state index in [-0.39, 0.29) is 17.5 Å². The van der Waals surface area contributed by atoms with Gasteiger partial charge in [-0.05, 0) is 69.8 Å². The van der Waals surface area contributed by atoms with Gasteiger partial charge < -0.3 is 9.80 Å². The van der Waals surface area contributed by atoms with E-state index in [9.17, 15) is 18.0 Å². The number of nitrogens with zero attached hydrogens (tertiary/aromatic N) is 2. The molecule has 0 saturated heterocycles. The Morgan fingerprint density at radius 2 is 1.56 bits per heavy atom. The molecule has 1 aromatic carbocycles. The number of alkyl halides is 3. The van der Waals surface area contributed by atoms with Crippen molar-refractivity contribution in [3.8, 4) is 0 Å². The average molecular weight is 354 g/mol. The fraction of sp³-hybridized carbons (Fsp3) is 0.632. The summed E-state index contributed by atoms with van der Waals surface area (Å²) in [5.74, 6) is 0.920. The molecule has 0 heterocycles. The molecule has 0 N–H and O–H groups in total. The number of carbonyl (C=O) groups excluding carboxylic acids is 1. The summed E-state index contributed by atoms with van der Waals surface area (Å²) < 4.78 is 38.6. The topological polar surface area (TPSA) is 23.6 Å². The second-order valence-corrected chi connectivity index (χ2v) is 7.73. The summed E-state index contributed by atoms with van der Waals surface area (Å²) in [7, 11) is 5.93. The number of amides is 1. The third kappa shape index (κ3) is 3.68. The molecule has 6 heteroatoms. The average Bonchev–Trinajstić information content (AvgIpc) is 3.11. The van der Waals surface area contributed by atoms with E-state index in [0.717, 1.165) is 37.8 Å². The largest absolute Gasteiger partial charge is 0.416 e. The van der Waals surface area contributed by atoms with Crippen molar-refractivity contribution in [1.29, 1.82) is 0 Å². The van der Waals surface area contributed by atoms with Crippen molar-refractivity contribution in [1.82, 2.24) is 9.80 Å². The third-order valence-electron chi connectivity index (χ3n) is 6.00. The Labute approximate surface area is 146 Å². The lowest BCUT2D eigenvalue weighted by Crippen LogP contribution is -2.36. The predicted molar refractivity (Wildman–Crippen MR) is 90.2 cm³/mol. The highest BCUT2D eigenvalue weighted by Gasteiger charge is 2.44. The minimum atomic E-state index is -4.43. The Morgan fingerprint density at radius 1 is 1.00 bits per heavy atom. The van der Waals surface area contributed by atoms with Crippen molar-refractivity contribution in [2.45, 2.75) is 43.9 Å². The smallest absolute Gasteiger partial charge is 0.339 e. The highest BCUT2D eigenvalue weighted by molar-refractivity contribution is 5.94. The molecule has 25 heavy (non-hydrogen) atoms. The first-order valence-electron chi connectivity index (χ1n) is 8.77. The number of carbonyl (C=O) groups is 1. The number of fused-ring (bicyclic) bond motifs is 1. The van der Waals surface area contributed by atoms with Crippen molar-refractivity contribution >= 4 is 5.91 Å². The van der Waals surface area contributed by atoms with E-state index in [1.165, 1.54) is 12.1 Å². The SMILES string of the molecule is CN(C)C1C[C@@H]2CC(N(C)C(=O)c3cccc(C(F)(F)F)c3)C[C@@H]2C1. The zero-order valence-corrected chi connectivity index (χ0v) is 14.9. The standard InChI is InChI=1S/C19H25F3N2O/c1-23(2)16-8-13-10-17(11-14(13)9-16)24(3)18(25)12-5-4-6-15(7-12)19(20,21)22/h4-7,13-14,16-17H,8-11H2,1-3H3/t13-,14+,16?,17?. The Hall–Kier alpha value is -1.56. The van der Waals surface area contributed by atoms with Gasteiger partial charge in [0.15, 0.2) is 0 Å². The van der Waals surface area contributed by atoms with Gasteiger partial charge in [-0.3, -0.25) is 4.79 Å². The molecule has 2 fully saturated rings. The van der Waals surface area contributed by atoms with Crippen LogP contribution in [0.15, 0.2) is 24.3 Å². The van der Waals surface area contributed by atoms with Crippen molar-refractivity contribution in [3.63, 3.8) is 0 Å². The van der Waals surface area contributed by atoms with Gasteiger partial charge in [0.1, 0.15) is 0 Å². The molecule has 2 unspecified atom stereocenters. The molecule has 2 saturated carbocycles. The molecule has 2 aliphatic carbocycles. The molecule has 3 rings (SSSR count). The lowest BCUT2D eigenvalue weighted by atomic mass is 10.0. The van der Waals surface area contributed by atoms with Crippen LogP contribution in [-0.4, -0.2) is 48.9 Å². The van der Waals surface area contributed by atoms with Crippen LogP contribution in [0.1, 0.15) is 41.6 Å². The summed E-state index contributed by atoms with van der Waals surface area (Å²) >= 11 is 0. The number of hydrogen-bond acceptors (Lipinski definition) is 2. The second-order valence-electron chi connectivity index (χ2n) is 7.73. The number of rotatable bonds is 3. The van der Waals surface area contributed by atoms with Gasteiger partial charge in [-0.15, -0.1) is 0 Å². The highest BCUT2D eigenvalue weighted by atomic mass is 19.4. The van der Waals surface area contributed by atoms with Crippen LogP contribution in [0.2, 0.25) is 0 Å². The molecular weight excluding hydrogens is 329 g/mol. The van der Waals surface area contributed by atoms with Gasteiger partial charge >= 0.3 is 6.18 Å². The molecule has 0 bridgehead atoms. The summed E-state index contributed by atoms with van der Waals surface area (Å²) in [6.45, 7) is 0. The van der Waals surface area contributed by atoms with Crippen LogP contribution >= 0.6 is 0 Å². The quantitative estimate of drug-likeness (QED) is 0.822. The predicted octanol–water partition coefficient (Wildman–Crippen LogP) is 3.90. The normalized spacial score (nSPS) is 29.1. The van der Waals surface area contributed by atoms with Gasteiger partial charge in [0.05, 0.1) is 5.56 Å². The summed E-state index contributed by atoms with van der Waals surface area (Å²) in [6, 6.07) is 5.45. The molecule has 1 amide bonds. The van der Waals surface area contributed by atoms with Crippen molar-refractivity contribution in [2.75, 3.05) is 21.1 Å². The summed E-state index contributed by atoms with van der Waals surface area (Å²) in [6.07, 6.45) is -0.216. The molecule has 0 aromatic heterocycles. The minimum Gasteiger partial charge on any atom is -0.339 e. The fourth-order valence-electron chi connectivity index (χ4n) is 4.49. The van der Waals surface area contributed by atoms with Crippen LogP contribution in [0.4, 0.5) is 13.2 Å². The van der Waals surface area contributed by atoms with Crippen LogP contribution < -0.4 is 0 Å². The van der Waals surface area contributed by atoms with E-state index in [0.29, 0.717) is 17.9 Å². The third-order valence-corrected chi connectivity index (χ3v) is 6.00. The molecule has 4 atom stereocenters. The lowest BCUT2D eigenvalue weighted by molar-refractivity contribution is -0.137. The van der Waals surface area contributed by atoms with Crippen LogP contribution in [0.3, 0.4) is 0 Å². The van der Waals surface area contributed by atoms with Gasteiger partial charge in [0.2, 0.25) is 0 Å². The molecule has 2 aliphatic rings. The first-order chi connectivity index (χ1) is 11.7. The second kappa shape index (κ2) is 6.63. The van der Waals surface area contributed by atoms with Crippen molar-refractivity contribution in [3.05, 3.63) is 35.4 Å². The van der Waals surface area contributed by atoms with E-state index >= 15 is 0 Å². The number of halogens is 3. The van der Waals surface area contributed by atoms with E-state index in [1.807, 2.05) is 0 Å². The Kier molecular flexibility index (Phi) is 4.84. The Balaban J connectivity index is 1.67. The van der Waals surface area contributed by atoms with E-state index in [4.69, 9.17) is 0 Å². The number of benzene rings is 1. The van der Waals surface area contributed by atoms with Crippen LogP contribution in [0.5, 0.6) is 0 Å². The summed E-state index contributed by atoms with van der Waals surface area (Å²) in [5.41, 5.74) is -0.663. The molecular formula is C19H25F3N2O. The Bertz CT molecular complexity index is 630. The molecule has 0 aliphatic heterocycles. The van der Waals surface area contributed by atoms with Crippen LogP contribution in [0, 0.1) is 11.8 Å². The van der Waals surface area contributed by atoms with Crippen molar-refractivity contribution in [2.24, 2.45) is 11.8 Å². The first kappa shape index (κ1) is 18.2. The molecule has 0 spiro atoms. The lowest BCUT2D eigenvalue weighted by Gasteiger charge is -2.27. The van der Waals surface area contributed by atoms with Gasteiger partial charge in [0.25, 0.3) is 5.91 Å². The minimum absolute atomic E-state index is 0.112. The highest BCUT2D eigenvalue weighted by Crippen LogP contribution is 2.46. The first-order valence-corrected chi connectivity index (χ1v) is 8.77. The molecule has 0 radical (unpaired) electrons. The monoisotopic (exact) mass is 354 g/mol. The van der Waals surface area contributed by atoms with Crippen LogP contribution in [-0.2, 0) is 6.18 Å². The molecule has 1 aromatic rings. The maximum atomic E-state index is 12.9. The number of hydrogen-bond donors (Lipinski definition) is 0. The zero-order chi connectivity index (χ0) is 18.4. The van der Waals surface area contributed by atoms with Gasteiger partial charge in [0, 0.05) is 24.7 Å². The maximum absolute atomic E-state index is 12.9. The van der Waals surface area contributed by atoms with E-state index < -0.39 is 11.7 Å². The maximum Gasteiger partial charge on any atom is 0.416 e. The summed E-state index contributed by atoms with van der Waals surface area (Å²) in [5, 5.41) is 0. The van der Waals surface area contributed by atoms with Gasteiger partial charge in [-0.1, -0.05) is 6.07 Å². The van der Waals surface area contributed by atoms with E-state index in [2.05, 4.69) is 19.0 Å². The van der Waals surface area contributed by atoms with Gasteiger partial charge in [-0.2, -0.15) is 13.2 Å². The molecule has 3 nitrogen and oxygen atoms in total. The van der Waals surface area contributed by atoms with Gasteiger partial charge in [-0.25, -0.2) is 0 Å². The molecule has 138 valence electrons. The van der Waals surface area contributed by atoms with Crippen molar-refractivity contribution < 1.29 is 18.0 Å². The fourth-order valence-corrected chi connectivity index (χ4v) is 4.49. The van der Waals surface area contributed by atoms with Crippen LogP contribution in [0.25, 0.3) is 0 Å². The Morgan fingerprint density at radius 3 is 2.08 bits per heavy atom. The zero-order valence-electron chi connectivity index (χ0n) is 14.9.